The first kappa shape index (κ1) is 14.8. The highest BCUT2D eigenvalue weighted by molar-refractivity contribution is 5.77. The van der Waals surface area contributed by atoms with Crippen LogP contribution in [0.25, 0.3) is 0 Å². The number of hydrogen-bond donors (Lipinski definition) is 1. The van der Waals surface area contributed by atoms with Gasteiger partial charge in [-0.3, -0.25) is 4.79 Å². The predicted molar refractivity (Wildman–Crippen MR) is 87.4 cm³/mol. The van der Waals surface area contributed by atoms with Gasteiger partial charge in [-0.15, -0.1) is 0 Å². The molecule has 1 N–H and O–H groups in total. The summed E-state index contributed by atoms with van der Waals surface area (Å²) in [4.78, 5) is 11.1. The lowest BCUT2D eigenvalue weighted by molar-refractivity contribution is -0.118. The third-order valence-electron chi connectivity index (χ3n) is 4.19. The van der Waals surface area contributed by atoms with Crippen molar-refractivity contribution in [2.45, 2.75) is 25.8 Å². The van der Waals surface area contributed by atoms with Crippen molar-refractivity contribution in [1.29, 1.82) is 0 Å². The van der Waals surface area contributed by atoms with E-state index in [9.17, 15) is 4.79 Å². The van der Waals surface area contributed by atoms with Crippen LogP contribution in [0.1, 0.15) is 35.2 Å². The fourth-order valence-corrected chi connectivity index (χ4v) is 3.15. The van der Waals surface area contributed by atoms with Gasteiger partial charge in [0.05, 0.1) is 6.04 Å². The summed E-state index contributed by atoms with van der Waals surface area (Å²) in [6.45, 7) is 1.67. The molecule has 2 aromatic rings. The van der Waals surface area contributed by atoms with Gasteiger partial charge >= 0.3 is 0 Å². The van der Waals surface area contributed by atoms with Gasteiger partial charge in [-0.25, -0.2) is 0 Å². The Labute approximate surface area is 131 Å². The molecule has 0 heterocycles. The van der Waals surface area contributed by atoms with Crippen LogP contribution in [0.2, 0.25) is 0 Å². The molecule has 1 unspecified atom stereocenters. The van der Waals surface area contributed by atoms with Crippen LogP contribution in [-0.4, -0.2) is 19.4 Å². The molecule has 114 valence electrons. The number of Topliss-reactive ketones (excluding diaryl/α,β-unsaturated/α-hetero) is 1. The molecule has 3 nitrogen and oxygen atoms in total. The first-order chi connectivity index (χ1) is 10.7. The number of carbonyl (C=O) groups is 1. The second kappa shape index (κ2) is 6.32. The van der Waals surface area contributed by atoms with Crippen molar-refractivity contribution < 1.29 is 9.53 Å². The number of carbonyl (C=O) groups excluding carboxylic acids is 1. The summed E-state index contributed by atoms with van der Waals surface area (Å²) in [6.07, 6.45) is 2.01. The summed E-state index contributed by atoms with van der Waals surface area (Å²) >= 11 is 0. The third-order valence-corrected chi connectivity index (χ3v) is 4.19. The highest BCUT2D eigenvalue weighted by Crippen LogP contribution is 2.33. The predicted octanol–water partition coefficient (Wildman–Crippen LogP) is 3.06. The van der Waals surface area contributed by atoms with Crippen LogP contribution >= 0.6 is 0 Å². The number of ketones is 1. The normalized spacial score (nSPS) is 16.4. The van der Waals surface area contributed by atoms with Gasteiger partial charge in [0.25, 0.3) is 0 Å². The zero-order chi connectivity index (χ0) is 15.5. The van der Waals surface area contributed by atoms with E-state index in [0.29, 0.717) is 0 Å². The zero-order valence-electron chi connectivity index (χ0n) is 13.1. The molecule has 1 aliphatic rings. The molecule has 0 fully saturated rings. The van der Waals surface area contributed by atoms with Gasteiger partial charge in [-0.05, 0) is 61.2 Å². The quantitative estimate of drug-likeness (QED) is 0.942. The summed E-state index contributed by atoms with van der Waals surface area (Å²) in [7, 11) is 2.00. The Hall–Kier alpha value is -2.13. The number of nitrogens with one attached hydrogen (secondary N) is 1. The van der Waals surface area contributed by atoms with Crippen LogP contribution in [0, 0.1) is 0 Å². The van der Waals surface area contributed by atoms with Crippen LogP contribution in [0.15, 0.2) is 42.5 Å². The number of benzene rings is 2. The van der Waals surface area contributed by atoms with E-state index in [1.807, 2.05) is 13.1 Å². The maximum absolute atomic E-state index is 11.1. The molecule has 1 aliphatic carbocycles. The molecule has 0 bridgehead atoms. The van der Waals surface area contributed by atoms with E-state index >= 15 is 0 Å². The summed E-state index contributed by atoms with van der Waals surface area (Å²) in [5.74, 6) is 0.810. The highest BCUT2D eigenvalue weighted by atomic mass is 16.5. The molecule has 0 saturated carbocycles. The number of rotatable bonds is 4. The van der Waals surface area contributed by atoms with E-state index in [0.717, 1.165) is 18.6 Å². The molecule has 0 spiro atoms. The molecule has 2 aromatic carbocycles. The Balaban J connectivity index is 1.96. The third kappa shape index (κ3) is 2.90. The van der Waals surface area contributed by atoms with Crippen LogP contribution in [-0.2, 0) is 17.6 Å². The van der Waals surface area contributed by atoms with Gasteiger partial charge in [0.2, 0.25) is 0 Å². The lowest BCUT2D eigenvalue weighted by atomic mass is 9.95. The van der Waals surface area contributed by atoms with Crippen molar-refractivity contribution in [2.24, 2.45) is 0 Å². The van der Waals surface area contributed by atoms with Crippen molar-refractivity contribution in [3.63, 3.8) is 0 Å². The number of fused-ring (bicyclic) bond motifs is 2. The van der Waals surface area contributed by atoms with E-state index in [4.69, 9.17) is 4.74 Å². The van der Waals surface area contributed by atoms with E-state index in [1.165, 1.54) is 29.2 Å². The van der Waals surface area contributed by atoms with Crippen LogP contribution in [0.5, 0.6) is 5.75 Å². The average molecular weight is 295 g/mol. The summed E-state index contributed by atoms with van der Waals surface area (Å²) < 4.78 is 5.55. The van der Waals surface area contributed by atoms with Crippen molar-refractivity contribution in [3.8, 4) is 5.75 Å². The minimum atomic E-state index is 0.0375. The Morgan fingerprint density at radius 1 is 1.14 bits per heavy atom. The van der Waals surface area contributed by atoms with Crippen LogP contribution in [0.4, 0.5) is 0 Å². The maximum atomic E-state index is 11.1. The molecular weight excluding hydrogens is 274 g/mol. The fourth-order valence-electron chi connectivity index (χ4n) is 3.15. The molecule has 0 radical (unpaired) electrons. The molecule has 0 aromatic heterocycles. The topological polar surface area (TPSA) is 38.3 Å². The van der Waals surface area contributed by atoms with Gasteiger partial charge in [0, 0.05) is 0 Å². The average Bonchev–Trinajstić information content (AvgIpc) is 2.69. The monoisotopic (exact) mass is 295 g/mol. The van der Waals surface area contributed by atoms with Crippen LogP contribution in [0.3, 0.4) is 0 Å². The molecule has 3 heteroatoms. The van der Waals surface area contributed by atoms with E-state index in [2.05, 4.69) is 41.7 Å². The van der Waals surface area contributed by atoms with Crippen molar-refractivity contribution >= 4 is 5.78 Å². The zero-order valence-corrected chi connectivity index (χ0v) is 13.1. The number of ether oxygens (including phenoxy) is 1. The second-order valence-corrected chi connectivity index (χ2v) is 5.77. The molecular formula is C19H21NO2. The van der Waals surface area contributed by atoms with Gasteiger partial charge in [0.15, 0.2) is 5.78 Å². The molecule has 0 amide bonds. The van der Waals surface area contributed by atoms with Crippen molar-refractivity contribution in [2.75, 3.05) is 13.7 Å². The highest BCUT2D eigenvalue weighted by Gasteiger charge is 2.22. The van der Waals surface area contributed by atoms with Gasteiger partial charge < -0.3 is 10.1 Å². The summed E-state index contributed by atoms with van der Waals surface area (Å²) in [5, 5.41) is 3.43. The van der Waals surface area contributed by atoms with Gasteiger partial charge in [0.1, 0.15) is 12.4 Å². The Morgan fingerprint density at radius 2 is 1.86 bits per heavy atom. The Bertz CT molecular complexity index is 694. The lowest BCUT2D eigenvalue weighted by Gasteiger charge is -2.20. The lowest BCUT2D eigenvalue weighted by Crippen LogP contribution is -2.19. The molecule has 0 aliphatic heterocycles. The standard InChI is InChI=1S/C19H21NO2/c1-13(21)12-22-16-9-10-18-15(11-16)8-7-14-5-3-4-6-17(14)19(18)20-2/h3-6,9-11,19-20H,7-8,12H2,1-2H3. The van der Waals surface area contributed by atoms with Crippen molar-refractivity contribution in [1.82, 2.24) is 5.32 Å². The molecule has 0 saturated heterocycles. The summed E-state index contributed by atoms with van der Waals surface area (Å²) in [5.41, 5.74) is 5.32. The van der Waals surface area contributed by atoms with Gasteiger partial charge in [-0.1, -0.05) is 30.3 Å². The Morgan fingerprint density at radius 3 is 2.64 bits per heavy atom. The fraction of sp³-hybridized carbons (Fsp3) is 0.316. The van der Waals surface area contributed by atoms with E-state index in [1.54, 1.807) is 0 Å². The second-order valence-electron chi connectivity index (χ2n) is 5.77. The molecule has 22 heavy (non-hydrogen) atoms. The maximum Gasteiger partial charge on any atom is 0.167 e. The minimum absolute atomic E-state index is 0.0375. The number of aryl methyl sites for hydroxylation is 2. The number of hydrogen-bond acceptors (Lipinski definition) is 3. The largest absolute Gasteiger partial charge is 0.486 e. The van der Waals surface area contributed by atoms with Crippen molar-refractivity contribution in [3.05, 3.63) is 64.7 Å². The SMILES string of the molecule is CNC1c2ccccc2CCc2cc(OCC(C)=O)ccc21. The first-order valence-corrected chi connectivity index (χ1v) is 7.69. The van der Waals surface area contributed by atoms with Crippen LogP contribution < -0.4 is 10.1 Å². The van der Waals surface area contributed by atoms with E-state index < -0.39 is 0 Å². The smallest absolute Gasteiger partial charge is 0.167 e. The first-order valence-electron chi connectivity index (χ1n) is 7.69. The van der Waals surface area contributed by atoms with E-state index in [-0.39, 0.29) is 18.4 Å². The minimum Gasteiger partial charge on any atom is -0.486 e. The summed E-state index contributed by atoms with van der Waals surface area (Å²) in [6, 6.07) is 15.0. The van der Waals surface area contributed by atoms with Gasteiger partial charge in [-0.2, -0.15) is 0 Å². The molecule has 1 atom stereocenters. The molecule has 3 rings (SSSR count). The Kier molecular flexibility index (Phi) is 4.25.